The third-order valence-electron chi connectivity index (χ3n) is 7.41. The van der Waals surface area contributed by atoms with Crippen molar-refractivity contribution in [1.82, 2.24) is 25.3 Å². The Morgan fingerprint density at radius 1 is 1.20 bits per heavy atom. The number of ether oxygens (including phenoxy) is 1. The van der Waals surface area contributed by atoms with Gasteiger partial charge in [-0.05, 0) is 31.4 Å². The average molecular weight is 491 g/mol. The summed E-state index contributed by atoms with van der Waals surface area (Å²) >= 11 is 1.37. The minimum absolute atomic E-state index is 0.0184. The van der Waals surface area contributed by atoms with Gasteiger partial charge in [0.1, 0.15) is 28.5 Å². The summed E-state index contributed by atoms with van der Waals surface area (Å²) in [6.07, 6.45) is 3.83. The Hall–Kier alpha value is -3.24. The zero-order chi connectivity index (χ0) is 23.8. The highest BCUT2D eigenvalue weighted by atomic mass is 32.2. The number of piperazine rings is 1. The summed E-state index contributed by atoms with van der Waals surface area (Å²) in [4.78, 5) is 31.6. The molecule has 3 aromatic heterocycles. The molecule has 0 unspecified atom stereocenters. The first kappa shape index (κ1) is 21.1. The van der Waals surface area contributed by atoms with Gasteiger partial charge in [0.2, 0.25) is 11.4 Å². The third-order valence-corrected chi connectivity index (χ3v) is 7.96. The van der Waals surface area contributed by atoms with Gasteiger partial charge in [-0.2, -0.15) is 0 Å². The van der Waals surface area contributed by atoms with Crippen LogP contribution in [0.2, 0.25) is 0 Å². The minimum atomic E-state index is -0.595. The lowest BCUT2D eigenvalue weighted by atomic mass is 9.99. The molecule has 0 radical (unpaired) electrons. The number of nitrogens with one attached hydrogen (secondary N) is 2. The first-order valence-corrected chi connectivity index (χ1v) is 13.0. The molecule has 2 fully saturated rings. The quantitative estimate of drug-likeness (QED) is 0.326. The summed E-state index contributed by atoms with van der Waals surface area (Å²) in [6.45, 7) is 2.80. The zero-order valence-corrected chi connectivity index (χ0v) is 20.0. The normalized spacial score (nSPS) is 24.9. The van der Waals surface area contributed by atoms with Crippen LogP contribution in [0, 0.1) is 5.82 Å². The lowest BCUT2D eigenvalue weighted by molar-refractivity contribution is 0.155. The van der Waals surface area contributed by atoms with Crippen LogP contribution in [0.25, 0.3) is 33.1 Å². The molecular weight excluding hydrogens is 467 g/mol. The van der Waals surface area contributed by atoms with Crippen molar-refractivity contribution in [2.24, 2.45) is 0 Å². The van der Waals surface area contributed by atoms with E-state index in [2.05, 4.69) is 25.2 Å². The number of thioether (sulfide) groups is 1. The maximum Gasteiger partial charge on any atom is 0.249 e. The molecule has 4 atom stereocenters. The van der Waals surface area contributed by atoms with E-state index >= 15 is 4.39 Å². The van der Waals surface area contributed by atoms with Crippen molar-refractivity contribution < 1.29 is 9.13 Å². The fraction of sp³-hybridized carbons (Fsp3) is 0.360. The largest absolute Gasteiger partial charge is 0.472 e. The molecular formula is C25H23FN6O2S. The fourth-order valence-electron chi connectivity index (χ4n) is 5.95. The molecule has 8 nitrogen and oxygen atoms in total. The lowest BCUT2D eigenvalue weighted by Crippen LogP contribution is -2.62. The van der Waals surface area contributed by atoms with Crippen LogP contribution < -0.4 is 20.5 Å². The first-order valence-electron chi connectivity index (χ1n) is 11.8. The molecule has 178 valence electrons. The topological polar surface area (TPSA) is 96.0 Å². The number of pyridine rings is 2. The smallest absolute Gasteiger partial charge is 0.249 e. The van der Waals surface area contributed by atoms with Gasteiger partial charge < -0.3 is 19.9 Å². The minimum Gasteiger partial charge on any atom is -0.472 e. The van der Waals surface area contributed by atoms with Crippen LogP contribution >= 0.6 is 11.8 Å². The lowest BCUT2D eigenvalue weighted by Gasteiger charge is -2.42. The highest BCUT2D eigenvalue weighted by Gasteiger charge is 2.47. The van der Waals surface area contributed by atoms with Gasteiger partial charge >= 0.3 is 0 Å². The highest BCUT2D eigenvalue weighted by molar-refractivity contribution is 7.98. The predicted octanol–water partition coefficient (Wildman–Crippen LogP) is 3.48. The summed E-state index contributed by atoms with van der Waals surface area (Å²) in [5.41, 5.74) is 0.165. The number of rotatable bonds is 2. The van der Waals surface area contributed by atoms with Gasteiger partial charge in [-0.1, -0.05) is 36.0 Å². The van der Waals surface area contributed by atoms with Gasteiger partial charge in [-0.15, -0.1) is 0 Å². The highest BCUT2D eigenvalue weighted by Crippen LogP contribution is 2.44. The number of anilines is 1. The number of aromatic amines is 1. The van der Waals surface area contributed by atoms with E-state index < -0.39 is 5.82 Å². The molecule has 1 aromatic carbocycles. The van der Waals surface area contributed by atoms with Gasteiger partial charge in [-0.3, -0.25) is 4.79 Å². The van der Waals surface area contributed by atoms with E-state index in [1.165, 1.54) is 17.8 Å². The predicted molar refractivity (Wildman–Crippen MR) is 134 cm³/mol. The number of hydrogen-bond donors (Lipinski definition) is 2. The summed E-state index contributed by atoms with van der Waals surface area (Å²) in [5, 5.41) is 6.09. The fourth-order valence-corrected chi connectivity index (χ4v) is 6.31. The maximum absolute atomic E-state index is 16.3. The second-order valence-electron chi connectivity index (χ2n) is 9.45. The monoisotopic (exact) mass is 490 g/mol. The first-order chi connectivity index (χ1) is 17.0. The zero-order valence-electron chi connectivity index (χ0n) is 19.2. The van der Waals surface area contributed by atoms with Gasteiger partial charge in [-0.25, -0.2) is 19.3 Å². The molecule has 3 aliphatic rings. The molecule has 10 heteroatoms. The Bertz CT molecular complexity index is 1580. The number of aromatic nitrogens is 4. The molecule has 6 heterocycles. The van der Waals surface area contributed by atoms with E-state index in [4.69, 9.17) is 9.72 Å². The van der Waals surface area contributed by atoms with E-state index in [1.54, 1.807) is 0 Å². The third kappa shape index (κ3) is 3.09. The number of H-pyrrole nitrogens is 1. The Kier molecular flexibility index (Phi) is 4.59. The van der Waals surface area contributed by atoms with E-state index in [1.807, 2.05) is 37.4 Å². The number of nitrogens with zero attached hydrogens (tertiary/aromatic N) is 4. The van der Waals surface area contributed by atoms with E-state index in [0.29, 0.717) is 44.7 Å². The van der Waals surface area contributed by atoms with Crippen LogP contribution in [0.5, 0.6) is 5.88 Å². The second kappa shape index (κ2) is 7.63. The maximum atomic E-state index is 16.3. The van der Waals surface area contributed by atoms with Crippen LogP contribution in [0.1, 0.15) is 19.8 Å². The van der Waals surface area contributed by atoms with Gasteiger partial charge in [0, 0.05) is 30.1 Å². The van der Waals surface area contributed by atoms with Crippen molar-refractivity contribution in [2.75, 3.05) is 17.7 Å². The molecule has 0 saturated carbocycles. The second-order valence-corrected chi connectivity index (χ2v) is 10.2. The number of halogens is 1. The van der Waals surface area contributed by atoms with Crippen molar-refractivity contribution in [3.05, 3.63) is 46.5 Å². The standard InChI is InChI=1S/C25H23FN6O2S/c1-11-22-15-8-7-13(27-15)10-32(22)23-17-20(30-25(31-23)35-2)18(26)21(29-24(17)34-11)19-14-6-4-3-5-12(14)9-16(33)28-19/h3-6,9,11,13,15,22,27H,7-8,10H2,1-2H3,(H,28,33)/t11-,13+,15-,22+/m0/s1. The molecule has 35 heavy (non-hydrogen) atoms. The van der Waals surface area contributed by atoms with Crippen molar-refractivity contribution in [3.8, 4) is 17.3 Å². The van der Waals surface area contributed by atoms with Crippen LogP contribution in [0.3, 0.4) is 0 Å². The van der Waals surface area contributed by atoms with Crippen molar-refractivity contribution in [3.63, 3.8) is 0 Å². The van der Waals surface area contributed by atoms with E-state index in [9.17, 15) is 4.79 Å². The van der Waals surface area contributed by atoms with Crippen molar-refractivity contribution in [2.45, 2.75) is 49.2 Å². The molecule has 0 aliphatic carbocycles. The van der Waals surface area contributed by atoms with Crippen LogP contribution in [0.15, 0.2) is 40.3 Å². The average Bonchev–Trinajstić information content (AvgIpc) is 3.19. The summed E-state index contributed by atoms with van der Waals surface area (Å²) in [6, 6.07) is 9.53. The SMILES string of the molecule is CSc1nc2c3c(nc(-c4[nH]c(=O)cc5ccccc45)c(F)c3n1)O[C@@H](C)[C@@H]1[C@@H]3CC[C@H](CN21)N3. The van der Waals surface area contributed by atoms with Crippen LogP contribution in [-0.2, 0) is 0 Å². The van der Waals surface area contributed by atoms with Crippen molar-refractivity contribution >= 4 is 39.3 Å². The molecule has 2 bridgehead atoms. The van der Waals surface area contributed by atoms with Crippen LogP contribution in [-0.4, -0.2) is 57.0 Å². The molecule has 4 aromatic rings. The molecule has 3 aliphatic heterocycles. The summed E-state index contributed by atoms with van der Waals surface area (Å²) < 4.78 is 22.7. The van der Waals surface area contributed by atoms with Crippen LogP contribution in [0.4, 0.5) is 10.2 Å². The number of benzene rings is 1. The Labute approximate surface area is 204 Å². The Balaban J connectivity index is 1.54. The molecule has 2 N–H and O–H groups in total. The number of fused-ring (bicyclic) bond motifs is 6. The van der Waals surface area contributed by atoms with Gasteiger partial charge in [0.25, 0.3) is 0 Å². The Morgan fingerprint density at radius 3 is 2.91 bits per heavy atom. The molecule has 2 saturated heterocycles. The summed E-state index contributed by atoms with van der Waals surface area (Å²) in [7, 11) is 0. The molecule has 7 rings (SSSR count). The number of hydrogen-bond acceptors (Lipinski definition) is 8. The molecule has 0 amide bonds. The van der Waals surface area contributed by atoms with E-state index in [-0.39, 0.29) is 35.0 Å². The van der Waals surface area contributed by atoms with Gasteiger partial charge in [0.05, 0.1) is 11.7 Å². The molecule has 0 spiro atoms. The van der Waals surface area contributed by atoms with E-state index in [0.717, 1.165) is 19.4 Å². The van der Waals surface area contributed by atoms with Gasteiger partial charge in [0.15, 0.2) is 11.0 Å². The van der Waals surface area contributed by atoms with Crippen molar-refractivity contribution in [1.29, 1.82) is 0 Å². The summed E-state index contributed by atoms with van der Waals surface area (Å²) in [5.74, 6) is 0.375. The Morgan fingerprint density at radius 2 is 2.06 bits per heavy atom.